The Morgan fingerprint density at radius 2 is 2.17 bits per heavy atom. The molecule has 2 atom stereocenters. The van der Waals surface area contributed by atoms with Crippen LogP contribution in [0.25, 0.3) is 0 Å². The Hall–Kier alpha value is -0.380. The van der Waals surface area contributed by atoms with Crippen molar-refractivity contribution >= 4 is 11.3 Å². The van der Waals surface area contributed by atoms with Gasteiger partial charge in [-0.05, 0) is 47.6 Å². The Morgan fingerprint density at radius 1 is 1.44 bits per heavy atom. The maximum atomic E-state index is 6.41. The topological polar surface area (TPSA) is 29.3 Å². The molecule has 1 aromatic heterocycles. The summed E-state index contributed by atoms with van der Waals surface area (Å²) < 4.78 is 0. The Kier molecular flexibility index (Phi) is 4.82. The van der Waals surface area contributed by atoms with E-state index in [9.17, 15) is 0 Å². The van der Waals surface area contributed by atoms with E-state index in [0.717, 1.165) is 12.5 Å². The molecule has 0 bridgehead atoms. The van der Waals surface area contributed by atoms with Crippen LogP contribution in [-0.2, 0) is 0 Å². The number of nitrogens with zero attached hydrogens (tertiary/aromatic N) is 1. The smallest absolute Gasteiger partial charge is 0.0510 e. The molecule has 2 N–H and O–H groups in total. The number of hydrogen-bond acceptors (Lipinski definition) is 3. The molecule has 2 unspecified atom stereocenters. The minimum Gasteiger partial charge on any atom is -0.326 e. The van der Waals surface area contributed by atoms with Gasteiger partial charge in [0.25, 0.3) is 0 Å². The lowest BCUT2D eigenvalue weighted by molar-refractivity contribution is 0.142. The first kappa shape index (κ1) is 14.0. The summed E-state index contributed by atoms with van der Waals surface area (Å²) in [6.45, 7) is 7.97. The molecule has 1 fully saturated rings. The Bertz CT molecular complexity index is 343. The molecular formula is C15H26N2S. The van der Waals surface area contributed by atoms with E-state index in [4.69, 9.17) is 5.73 Å². The molecule has 1 saturated carbocycles. The fourth-order valence-electron chi connectivity index (χ4n) is 2.67. The monoisotopic (exact) mass is 266 g/mol. The summed E-state index contributed by atoms with van der Waals surface area (Å²) in [5, 5.41) is 4.45. The molecule has 0 aromatic carbocycles. The molecule has 18 heavy (non-hydrogen) atoms. The summed E-state index contributed by atoms with van der Waals surface area (Å²) in [7, 11) is 0. The fraction of sp³-hybridized carbons (Fsp3) is 0.733. The summed E-state index contributed by atoms with van der Waals surface area (Å²) in [5.74, 6) is 0.704. The number of thiophene rings is 1. The van der Waals surface area contributed by atoms with Gasteiger partial charge in [0.1, 0.15) is 0 Å². The standard InChI is InChI=1S/C15H26N2S/c1-4-14(16)15(12-7-8-18-10-12)17(9-11(2)3)13-5-6-13/h7-8,10-11,13-15H,4-6,9,16H2,1-3H3. The van der Waals surface area contributed by atoms with Gasteiger partial charge < -0.3 is 5.73 Å². The molecule has 1 aliphatic rings. The molecule has 0 radical (unpaired) electrons. The molecule has 1 heterocycles. The van der Waals surface area contributed by atoms with Crippen molar-refractivity contribution in [1.29, 1.82) is 0 Å². The second-order valence-electron chi connectivity index (χ2n) is 5.90. The van der Waals surface area contributed by atoms with E-state index in [0.29, 0.717) is 12.0 Å². The number of rotatable bonds is 7. The van der Waals surface area contributed by atoms with Crippen LogP contribution in [0.2, 0.25) is 0 Å². The molecule has 0 aliphatic heterocycles. The molecular weight excluding hydrogens is 240 g/mol. The van der Waals surface area contributed by atoms with Gasteiger partial charge in [-0.3, -0.25) is 4.90 Å². The normalized spacial score (nSPS) is 19.4. The fourth-order valence-corrected chi connectivity index (χ4v) is 3.36. The minimum atomic E-state index is 0.249. The zero-order valence-electron chi connectivity index (χ0n) is 11.8. The van der Waals surface area contributed by atoms with Crippen molar-refractivity contribution in [3.63, 3.8) is 0 Å². The second-order valence-corrected chi connectivity index (χ2v) is 6.68. The second kappa shape index (κ2) is 6.18. The summed E-state index contributed by atoms with van der Waals surface area (Å²) in [4.78, 5) is 2.67. The van der Waals surface area contributed by atoms with Crippen LogP contribution < -0.4 is 5.73 Å². The molecule has 3 heteroatoms. The van der Waals surface area contributed by atoms with Crippen LogP contribution in [-0.4, -0.2) is 23.5 Å². The van der Waals surface area contributed by atoms with Gasteiger partial charge in [-0.2, -0.15) is 11.3 Å². The zero-order chi connectivity index (χ0) is 13.1. The third kappa shape index (κ3) is 3.34. The van der Waals surface area contributed by atoms with E-state index < -0.39 is 0 Å². The summed E-state index contributed by atoms with van der Waals surface area (Å²) in [6, 6.07) is 3.69. The van der Waals surface area contributed by atoms with Gasteiger partial charge in [-0.25, -0.2) is 0 Å². The van der Waals surface area contributed by atoms with Crippen LogP contribution in [0.3, 0.4) is 0 Å². The Labute approximate surface area is 115 Å². The van der Waals surface area contributed by atoms with Crippen LogP contribution in [0.4, 0.5) is 0 Å². The van der Waals surface area contributed by atoms with Crippen molar-refractivity contribution in [2.75, 3.05) is 6.54 Å². The van der Waals surface area contributed by atoms with E-state index >= 15 is 0 Å². The average molecular weight is 266 g/mol. The van der Waals surface area contributed by atoms with Crippen molar-refractivity contribution in [2.45, 2.75) is 58.2 Å². The lowest BCUT2D eigenvalue weighted by atomic mass is 9.97. The molecule has 2 nitrogen and oxygen atoms in total. The SMILES string of the molecule is CCC(N)C(c1ccsc1)N(CC(C)C)C1CC1. The highest BCUT2D eigenvalue weighted by molar-refractivity contribution is 7.07. The van der Waals surface area contributed by atoms with E-state index in [1.807, 2.05) is 0 Å². The quantitative estimate of drug-likeness (QED) is 0.816. The van der Waals surface area contributed by atoms with E-state index in [-0.39, 0.29) is 6.04 Å². The lowest BCUT2D eigenvalue weighted by Crippen LogP contribution is -2.43. The number of nitrogens with two attached hydrogens (primary N) is 1. The maximum Gasteiger partial charge on any atom is 0.0510 e. The van der Waals surface area contributed by atoms with Gasteiger partial charge in [0.05, 0.1) is 6.04 Å². The van der Waals surface area contributed by atoms with Gasteiger partial charge in [-0.1, -0.05) is 20.8 Å². The molecule has 1 aliphatic carbocycles. The van der Waals surface area contributed by atoms with Gasteiger partial charge in [-0.15, -0.1) is 0 Å². The molecule has 1 aromatic rings. The third-order valence-corrected chi connectivity index (χ3v) is 4.41. The lowest BCUT2D eigenvalue weighted by Gasteiger charge is -2.36. The largest absolute Gasteiger partial charge is 0.326 e. The van der Waals surface area contributed by atoms with E-state index in [1.54, 1.807) is 11.3 Å². The highest BCUT2D eigenvalue weighted by atomic mass is 32.1. The van der Waals surface area contributed by atoms with Gasteiger partial charge in [0.2, 0.25) is 0 Å². The first-order chi connectivity index (χ1) is 8.63. The van der Waals surface area contributed by atoms with Crippen LogP contribution in [0.15, 0.2) is 16.8 Å². The predicted molar refractivity (Wildman–Crippen MR) is 79.9 cm³/mol. The predicted octanol–water partition coefficient (Wildman–Crippen LogP) is 3.65. The van der Waals surface area contributed by atoms with Crippen molar-refractivity contribution < 1.29 is 0 Å². The number of hydrogen-bond donors (Lipinski definition) is 1. The molecule has 102 valence electrons. The van der Waals surface area contributed by atoms with Gasteiger partial charge in [0, 0.05) is 18.6 Å². The molecule has 0 saturated heterocycles. The average Bonchev–Trinajstić information content (AvgIpc) is 3.05. The maximum absolute atomic E-state index is 6.41. The van der Waals surface area contributed by atoms with Crippen LogP contribution >= 0.6 is 11.3 Å². The van der Waals surface area contributed by atoms with Crippen LogP contribution in [0.1, 0.15) is 51.6 Å². The summed E-state index contributed by atoms with van der Waals surface area (Å²) in [6.07, 6.45) is 3.75. The van der Waals surface area contributed by atoms with E-state index in [1.165, 1.54) is 24.9 Å². The van der Waals surface area contributed by atoms with Gasteiger partial charge in [0.15, 0.2) is 0 Å². The highest BCUT2D eigenvalue weighted by Crippen LogP contribution is 2.37. The Balaban J connectivity index is 2.19. The first-order valence-electron chi connectivity index (χ1n) is 7.16. The van der Waals surface area contributed by atoms with Crippen molar-refractivity contribution in [3.8, 4) is 0 Å². The molecule has 2 rings (SSSR count). The third-order valence-electron chi connectivity index (χ3n) is 3.71. The molecule has 0 spiro atoms. The summed E-state index contributed by atoms with van der Waals surface area (Å²) >= 11 is 1.78. The first-order valence-corrected chi connectivity index (χ1v) is 8.11. The Morgan fingerprint density at radius 3 is 2.61 bits per heavy atom. The van der Waals surface area contributed by atoms with Crippen molar-refractivity contribution in [1.82, 2.24) is 4.90 Å². The van der Waals surface area contributed by atoms with E-state index in [2.05, 4.69) is 42.5 Å². The van der Waals surface area contributed by atoms with Crippen molar-refractivity contribution in [2.24, 2.45) is 11.7 Å². The minimum absolute atomic E-state index is 0.249. The van der Waals surface area contributed by atoms with Crippen molar-refractivity contribution in [3.05, 3.63) is 22.4 Å². The van der Waals surface area contributed by atoms with Gasteiger partial charge >= 0.3 is 0 Å². The highest BCUT2D eigenvalue weighted by Gasteiger charge is 2.37. The zero-order valence-corrected chi connectivity index (χ0v) is 12.6. The van der Waals surface area contributed by atoms with Crippen LogP contribution in [0, 0.1) is 5.92 Å². The molecule has 0 amide bonds. The van der Waals surface area contributed by atoms with Crippen LogP contribution in [0.5, 0.6) is 0 Å². The summed E-state index contributed by atoms with van der Waals surface area (Å²) in [5.41, 5.74) is 7.83.